The Balaban J connectivity index is 2.02. The SMILES string of the molecule is CC[C@@H](NC[C@H](O)c1ccc(F)cc1)c1c(C)noc1C. The van der Waals surface area contributed by atoms with Crippen LogP contribution in [0.15, 0.2) is 28.8 Å². The molecule has 0 spiro atoms. The summed E-state index contributed by atoms with van der Waals surface area (Å²) in [5.74, 6) is 0.490. The molecule has 4 nitrogen and oxygen atoms in total. The largest absolute Gasteiger partial charge is 0.387 e. The molecule has 2 aromatic rings. The lowest BCUT2D eigenvalue weighted by Gasteiger charge is -2.19. The molecule has 114 valence electrons. The molecule has 0 aliphatic rings. The van der Waals surface area contributed by atoms with Crippen LogP contribution in [0, 0.1) is 19.7 Å². The highest BCUT2D eigenvalue weighted by molar-refractivity contribution is 5.25. The minimum atomic E-state index is -0.680. The molecule has 0 unspecified atom stereocenters. The summed E-state index contributed by atoms with van der Waals surface area (Å²) in [6.45, 7) is 6.24. The molecule has 0 saturated heterocycles. The van der Waals surface area contributed by atoms with Gasteiger partial charge in [-0.05, 0) is 38.0 Å². The Bertz CT molecular complexity index is 561. The van der Waals surface area contributed by atoms with Crippen LogP contribution in [0.2, 0.25) is 0 Å². The van der Waals surface area contributed by atoms with E-state index in [2.05, 4.69) is 17.4 Å². The highest BCUT2D eigenvalue weighted by atomic mass is 19.1. The number of aromatic nitrogens is 1. The predicted octanol–water partition coefficient (Wildman–Crippen LogP) is 3.20. The molecule has 5 heteroatoms. The number of hydrogen-bond donors (Lipinski definition) is 2. The summed E-state index contributed by atoms with van der Waals surface area (Å²) in [5, 5.41) is 17.5. The number of rotatable bonds is 6. The summed E-state index contributed by atoms with van der Waals surface area (Å²) in [4.78, 5) is 0. The van der Waals surface area contributed by atoms with Crippen molar-refractivity contribution in [2.24, 2.45) is 0 Å². The molecule has 0 bridgehead atoms. The van der Waals surface area contributed by atoms with E-state index in [0.29, 0.717) is 12.1 Å². The van der Waals surface area contributed by atoms with Crippen molar-refractivity contribution in [3.8, 4) is 0 Å². The Morgan fingerprint density at radius 3 is 2.48 bits per heavy atom. The van der Waals surface area contributed by atoms with Crippen LogP contribution in [0.5, 0.6) is 0 Å². The Hall–Kier alpha value is -1.72. The number of aliphatic hydroxyl groups excluding tert-OH is 1. The van der Waals surface area contributed by atoms with Crippen molar-refractivity contribution in [1.82, 2.24) is 10.5 Å². The second-order valence-corrected chi connectivity index (χ2v) is 5.17. The van der Waals surface area contributed by atoms with Crippen LogP contribution < -0.4 is 5.32 Å². The molecule has 21 heavy (non-hydrogen) atoms. The molecular formula is C16H21FN2O2. The zero-order chi connectivity index (χ0) is 15.4. The zero-order valence-electron chi connectivity index (χ0n) is 12.6. The molecule has 0 radical (unpaired) electrons. The van der Waals surface area contributed by atoms with Crippen LogP contribution in [0.1, 0.15) is 48.1 Å². The average Bonchev–Trinajstić information content (AvgIpc) is 2.80. The Kier molecular flexibility index (Phi) is 5.09. The lowest BCUT2D eigenvalue weighted by molar-refractivity contribution is 0.169. The Morgan fingerprint density at radius 2 is 1.95 bits per heavy atom. The van der Waals surface area contributed by atoms with E-state index in [0.717, 1.165) is 23.4 Å². The van der Waals surface area contributed by atoms with Gasteiger partial charge in [0.1, 0.15) is 11.6 Å². The summed E-state index contributed by atoms with van der Waals surface area (Å²) in [6, 6.07) is 5.97. The minimum Gasteiger partial charge on any atom is -0.387 e. The van der Waals surface area contributed by atoms with Crippen molar-refractivity contribution in [2.45, 2.75) is 39.3 Å². The number of benzene rings is 1. The third-order valence-corrected chi connectivity index (χ3v) is 3.66. The van der Waals surface area contributed by atoms with E-state index in [4.69, 9.17) is 4.52 Å². The molecule has 2 N–H and O–H groups in total. The van der Waals surface area contributed by atoms with Gasteiger partial charge < -0.3 is 14.9 Å². The molecule has 0 amide bonds. The van der Waals surface area contributed by atoms with Crippen molar-refractivity contribution < 1.29 is 14.0 Å². The van der Waals surface area contributed by atoms with Crippen molar-refractivity contribution in [1.29, 1.82) is 0 Å². The number of nitrogens with one attached hydrogen (secondary N) is 1. The summed E-state index contributed by atoms with van der Waals surface area (Å²) in [6.07, 6.45) is 0.180. The molecule has 0 aliphatic carbocycles. The van der Waals surface area contributed by atoms with Gasteiger partial charge in [-0.3, -0.25) is 0 Å². The number of aryl methyl sites for hydroxylation is 2. The fraction of sp³-hybridized carbons (Fsp3) is 0.438. The molecule has 1 heterocycles. The molecule has 0 aliphatic heterocycles. The van der Waals surface area contributed by atoms with Gasteiger partial charge in [0.2, 0.25) is 0 Å². The van der Waals surface area contributed by atoms with Gasteiger partial charge in [-0.2, -0.15) is 0 Å². The highest BCUT2D eigenvalue weighted by Gasteiger charge is 2.19. The summed E-state index contributed by atoms with van der Waals surface area (Å²) < 4.78 is 18.1. The zero-order valence-corrected chi connectivity index (χ0v) is 12.6. The lowest BCUT2D eigenvalue weighted by Crippen LogP contribution is -2.26. The first-order chi connectivity index (χ1) is 10.0. The van der Waals surface area contributed by atoms with Gasteiger partial charge in [0.15, 0.2) is 0 Å². The van der Waals surface area contributed by atoms with Crippen LogP contribution in [0.4, 0.5) is 4.39 Å². The van der Waals surface area contributed by atoms with Crippen LogP contribution in [-0.2, 0) is 0 Å². The molecule has 2 rings (SSSR count). The van der Waals surface area contributed by atoms with Gasteiger partial charge in [0.05, 0.1) is 11.8 Å². The maximum Gasteiger partial charge on any atom is 0.138 e. The fourth-order valence-electron chi connectivity index (χ4n) is 2.49. The number of aliphatic hydroxyl groups is 1. The van der Waals surface area contributed by atoms with Gasteiger partial charge in [0.25, 0.3) is 0 Å². The number of hydrogen-bond acceptors (Lipinski definition) is 4. The molecule has 0 fully saturated rings. The first kappa shape index (κ1) is 15.7. The second-order valence-electron chi connectivity index (χ2n) is 5.17. The highest BCUT2D eigenvalue weighted by Crippen LogP contribution is 2.24. The maximum absolute atomic E-state index is 12.9. The average molecular weight is 292 g/mol. The maximum atomic E-state index is 12.9. The normalized spacial score (nSPS) is 14.1. The van der Waals surface area contributed by atoms with Crippen molar-refractivity contribution in [3.63, 3.8) is 0 Å². The summed E-state index contributed by atoms with van der Waals surface area (Å²) in [5.41, 5.74) is 2.60. The van der Waals surface area contributed by atoms with Crippen LogP contribution in [-0.4, -0.2) is 16.8 Å². The number of halogens is 1. The van der Waals surface area contributed by atoms with Crippen molar-refractivity contribution in [3.05, 3.63) is 52.7 Å². The van der Waals surface area contributed by atoms with Crippen LogP contribution >= 0.6 is 0 Å². The van der Waals surface area contributed by atoms with E-state index >= 15 is 0 Å². The van der Waals surface area contributed by atoms with E-state index < -0.39 is 6.10 Å². The predicted molar refractivity (Wildman–Crippen MR) is 78.4 cm³/mol. The minimum absolute atomic E-state index is 0.0753. The first-order valence-electron chi connectivity index (χ1n) is 7.12. The monoisotopic (exact) mass is 292 g/mol. The van der Waals surface area contributed by atoms with Gasteiger partial charge in [-0.25, -0.2) is 4.39 Å². The van der Waals surface area contributed by atoms with Gasteiger partial charge in [-0.1, -0.05) is 24.2 Å². The topological polar surface area (TPSA) is 58.3 Å². The van der Waals surface area contributed by atoms with E-state index in [-0.39, 0.29) is 11.9 Å². The van der Waals surface area contributed by atoms with Crippen LogP contribution in [0.3, 0.4) is 0 Å². The fourth-order valence-corrected chi connectivity index (χ4v) is 2.49. The third kappa shape index (κ3) is 3.68. The van der Waals surface area contributed by atoms with E-state index in [1.165, 1.54) is 12.1 Å². The van der Waals surface area contributed by atoms with E-state index in [1.54, 1.807) is 12.1 Å². The standard InChI is InChI=1S/C16H21FN2O2/c1-4-14(16-10(2)19-21-11(16)3)18-9-15(20)12-5-7-13(17)8-6-12/h5-8,14-15,18,20H,4,9H2,1-3H3/t14-,15+/m1/s1. The lowest BCUT2D eigenvalue weighted by atomic mass is 10.0. The van der Waals surface area contributed by atoms with Gasteiger partial charge in [-0.15, -0.1) is 0 Å². The van der Waals surface area contributed by atoms with Crippen molar-refractivity contribution in [2.75, 3.05) is 6.54 Å². The third-order valence-electron chi connectivity index (χ3n) is 3.66. The van der Waals surface area contributed by atoms with E-state index in [9.17, 15) is 9.50 Å². The molecule has 1 aromatic carbocycles. The van der Waals surface area contributed by atoms with Gasteiger partial charge in [0, 0.05) is 18.2 Å². The summed E-state index contributed by atoms with van der Waals surface area (Å²) in [7, 11) is 0. The quantitative estimate of drug-likeness (QED) is 0.858. The van der Waals surface area contributed by atoms with E-state index in [1.807, 2.05) is 13.8 Å². The molecule has 1 aromatic heterocycles. The smallest absolute Gasteiger partial charge is 0.138 e. The summed E-state index contributed by atoms with van der Waals surface area (Å²) >= 11 is 0. The van der Waals surface area contributed by atoms with Crippen molar-refractivity contribution >= 4 is 0 Å². The first-order valence-corrected chi connectivity index (χ1v) is 7.12. The molecular weight excluding hydrogens is 271 g/mol. The second kappa shape index (κ2) is 6.83. The Labute approximate surface area is 124 Å². The molecule has 2 atom stereocenters. The van der Waals surface area contributed by atoms with Gasteiger partial charge >= 0.3 is 0 Å². The van der Waals surface area contributed by atoms with Crippen LogP contribution in [0.25, 0.3) is 0 Å². The molecule has 0 saturated carbocycles. The Morgan fingerprint density at radius 1 is 1.29 bits per heavy atom. The number of nitrogens with zero attached hydrogens (tertiary/aromatic N) is 1.